The first-order valence-corrected chi connectivity index (χ1v) is 13.7. The number of unbranched alkanes of at least 4 members (excludes halogenated alkanes) is 1. The van der Waals surface area contributed by atoms with Gasteiger partial charge < -0.3 is 10.2 Å². The third-order valence-electron chi connectivity index (χ3n) is 5.81. The van der Waals surface area contributed by atoms with E-state index in [0.29, 0.717) is 29.3 Å². The molecule has 1 unspecified atom stereocenters. The molecule has 0 fully saturated rings. The highest BCUT2D eigenvalue weighted by molar-refractivity contribution is 7.99. The topological polar surface area (TPSA) is 49.4 Å². The van der Waals surface area contributed by atoms with Crippen molar-refractivity contribution < 1.29 is 14.0 Å². The molecule has 1 atom stereocenters. The molecule has 2 amide bonds. The minimum atomic E-state index is -0.679. The van der Waals surface area contributed by atoms with Crippen molar-refractivity contribution in [3.05, 3.63) is 106 Å². The van der Waals surface area contributed by atoms with Crippen molar-refractivity contribution in [3.63, 3.8) is 0 Å². The summed E-state index contributed by atoms with van der Waals surface area (Å²) in [5.41, 5.74) is 2.41. The highest BCUT2D eigenvalue weighted by atomic mass is 35.5. The number of carbonyl (C=O) groups excluding carboxylic acids is 2. The van der Waals surface area contributed by atoms with E-state index in [1.807, 2.05) is 42.5 Å². The maximum absolute atomic E-state index is 14.0. The summed E-state index contributed by atoms with van der Waals surface area (Å²) in [4.78, 5) is 28.6. The van der Waals surface area contributed by atoms with E-state index >= 15 is 0 Å². The van der Waals surface area contributed by atoms with Crippen LogP contribution in [0.1, 0.15) is 36.5 Å². The summed E-state index contributed by atoms with van der Waals surface area (Å²) in [6.45, 7) is 2.90. The number of amides is 2. The van der Waals surface area contributed by atoms with Crippen LogP contribution in [0.15, 0.2) is 78.9 Å². The minimum Gasteiger partial charge on any atom is -0.354 e. The molecule has 0 spiro atoms. The van der Waals surface area contributed by atoms with Crippen LogP contribution in [0.4, 0.5) is 4.39 Å². The fourth-order valence-corrected chi connectivity index (χ4v) is 4.82. The highest BCUT2D eigenvalue weighted by Gasteiger charge is 2.30. The zero-order chi connectivity index (χ0) is 25.8. The molecule has 0 radical (unpaired) electrons. The lowest BCUT2D eigenvalue weighted by atomic mass is 10.0. The van der Waals surface area contributed by atoms with E-state index < -0.39 is 6.04 Å². The molecule has 0 bridgehead atoms. The molecular formula is C29H32ClFN2O2S. The number of benzene rings is 3. The van der Waals surface area contributed by atoms with Gasteiger partial charge in [0, 0.05) is 30.3 Å². The van der Waals surface area contributed by atoms with Crippen LogP contribution in [-0.4, -0.2) is 35.1 Å². The quantitative estimate of drug-likeness (QED) is 0.267. The zero-order valence-corrected chi connectivity index (χ0v) is 22.0. The molecule has 3 rings (SSSR count). The fourth-order valence-electron chi connectivity index (χ4n) is 3.79. The molecule has 0 aliphatic rings. The van der Waals surface area contributed by atoms with Gasteiger partial charge in [-0.05, 0) is 41.3 Å². The predicted molar refractivity (Wildman–Crippen MR) is 146 cm³/mol. The molecule has 0 aromatic heterocycles. The molecule has 4 nitrogen and oxygen atoms in total. The second kappa shape index (κ2) is 14.7. The van der Waals surface area contributed by atoms with Crippen LogP contribution in [0.25, 0.3) is 0 Å². The van der Waals surface area contributed by atoms with Gasteiger partial charge in [0.1, 0.15) is 11.9 Å². The van der Waals surface area contributed by atoms with Crippen molar-refractivity contribution in [2.75, 3.05) is 12.3 Å². The molecule has 0 heterocycles. The first-order valence-electron chi connectivity index (χ1n) is 12.1. The molecule has 190 valence electrons. The van der Waals surface area contributed by atoms with Gasteiger partial charge in [-0.2, -0.15) is 0 Å². The smallest absolute Gasteiger partial charge is 0.243 e. The summed E-state index contributed by atoms with van der Waals surface area (Å²) >= 11 is 7.41. The maximum Gasteiger partial charge on any atom is 0.243 e. The molecule has 0 aliphatic carbocycles. The molecule has 3 aromatic carbocycles. The molecular weight excluding hydrogens is 495 g/mol. The predicted octanol–water partition coefficient (Wildman–Crippen LogP) is 6.27. The van der Waals surface area contributed by atoms with E-state index in [1.165, 1.54) is 17.8 Å². The van der Waals surface area contributed by atoms with Gasteiger partial charge in [-0.1, -0.05) is 85.6 Å². The Morgan fingerprint density at radius 3 is 2.36 bits per heavy atom. The van der Waals surface area contributed by atoms with Crippen molar-refractivity contribution >= 4 is 35.2 Å². The number of thioether (sulfide) groups is 1. The Kier molecular flexibility index (Phi) is 11.3. The number of nitrogens with one attached hydrogen (secondary N) is 1. The first kappa shape index (κ1) is 27.8. The van der Waals surface area contributed by atoms with Crippen LogP contribution >= 0.6 is 23.4 Å². The van der Waals surface area contributed by atoms with Crippen LogP contribution in [0.3, 0.4) is 0 Å². The Morgan fingerprint density at radius 2 is 1.67 bits per heavy atom. The van der Waals surface area contributed by atoms with Gasteiger partial charge in [0.05, 0.1) is 5.75 Å². The van der Waals surface area contributed by atoms with Gasteiger partial charge >= 0.3 is 0 Å². The lowest BCUT2D eigenvalue weighted by Crippen LogP contribution is -2.51. The SMILES string of the molecule is CCCCNC(=O)C(Cc1ccccc1)N(Cc1ccc(Cl)cc1)C(=O)CSCc1ccccc1F. The van der Waals surface area contributed by atoms with E-state index in [4.69, 9.17) is 11.6 Å². The van der Waals surface area contributed by atoms with Crippen molar-refractivity contribution in [3.8, 4) is 0 Å². The van der Waals surface area contributed by atoms with Crippen LogP contribution in [0, 0.1) is 5.82 Å². The maximum atomic E-state index is 14.0. The number of rotatable bonds is 13. The van der Waals surface area contributed by atoms with Crippen LogP contribution in [0.5, 0.6) is 0 Å². The Balaban J connectivity index is 1.83. The van der Waals surface area contributed by atoms with Crippen LogP contribution < -0.4 is 5.32 Å². The number of hydrogen-bond donors (Lipinski definition) is 1. The van der Waals surface area contributed by atoms with Gasteiger partial charge in [0.25, 0.3) is 0 Å². The van der Waals surface area contributed by atoms with Crippen LogP contribution in [0.2, 0.25) is 5.02 Å². The van der Waals surface area contributed by atoms with Gasteiger partial charge in [0.15, 0.2) is 0 Å². The van der Waals surface area contributed by atoms with E-state index in [-0.39, 0.29) is 29.9 Å². The fraction of sp³-hybridized carbons (Fsp3) is 0.310. The van der Waals surface area contributed by atoms with Gasteiger partial charge in [-0.25, -0.2) is 4.39 Å². The van der Waals surface area contributed by atoms with Gasteiger partial charge in [-0.15, -0.1) is 11.8 Å². The molecule has 1 N–H and O–H groups in total. The average Bonchev–Trinajstić information content (AvgIpc) is 2.89. The van der Waals surface area contributed by atoms with Crippen molar-refractivity contribution in [2.24, 2.45) is 0 Å². The third kappa shape index (κ3) is 8.68. The summed E-state index contributed by atoms with van der Waals surface area (Å²) in [6.07, 6.45) is 2.23. The van der Waals surface area contributed by atoms with Crippen molar-refractivity contribution in [1.82, 2.24) is 10.2 Å². The number of hydrogen-bond acceptors (Lipinski definition) is 3. The molecule has 0 saturated heterocycles. The normalized spacial score (nSPS) is 11.6. The Hall–Kier alpha value is -2.83. The highest BCUT2D eigenvalue weighted by Crippen LogP contribution is 2.20. The average molecular weight is 527 g/mol. The van der Waals surface area contributed by atoms with Crippen molar-refractivity contribution in [2.45, 2.75) is 44.5 Å². The summed E-state index contributed by atoms with van der Waals surface area (Å²) in [6, 6.07) is 22.9. The van der Waals surface area contributed by atoms with Gasteiger partial charge in [0.2, 0.25) is 11.8 Å². The van der Waals surface area contributed by atoms with Crippen molar-refractivity contribution in [1.29, 1.82) is 0 Å². The Labute approximate surface area is 222 Å². The summed E-state index contributed by atoms with van der Waals surface area (Å²) in [7, 11) is 0. The number of halogens is 2. The molecule has 0 saturated carbocycles. The summed E-state index contributed by atoms with van der Waals surface area (Å²) < 4.78 is 14.0. The summed E-state index contributed by atoms with van der Waals surface area (Å²) in [5.74, 6) is -0.117. The molecule has 3 aromatic rings. The lowest BCUT2D eigenvalue weighted by molar-refractivity contribution is -0.139. The van der Waals surface area contributed by atoms with E-state index in [1.54, 1.807) is 35.2 Å². The largest absolute Gasteiger partial charge is 0.354 e. The second-order valence-electron chi connectivity index (χ2n) is 8.58. The number of nitrogens with zero attached hydrogens (tertiary/aromatic N) is 1. The third-order valence-corrected chi connectivity index (χ3v) is 7.03. The zero-order valence-electron chi connectivity index (χ0n) is 20.5. The number of carbonyl (C=O) groups is 2. The van der Waals surface area contributed by atoms with E-state index in [2.05, 4.69) is 12.2 Å². The van der Waals surface area contributed by atoms with E-state index in [0.717, 1.165) is 24.0 Å². The minimum absolute atomic E-state index is 0.134. The van der Waals surface area contributed by atoms with E-state index in [9.17, 15) is 14.0 Å². The standard InChI is InChI=1S/C29H32ClFN2O2S/c1-2-3-17-32-29(35)27(18-22-9-5-4-6-10-22)33(19-23-13-15-25(30)16-14-23)28(34)21-36-20-24-11-7-8-12-26(24)31/h4-16,27H,2-3,17-21H2,1H3,(H,32,35). The lowest BCUT2D eigenvalue weighted by Gasteiger charge is -2.31. The molecule has 0 aliphatic heterocycles. The monoisotopic (exact) mass is 526 g/mol. The van der Waals surface area contributed by atoms with Crippen LogP contribution in [-0.2, 0) is 28.3 Å². The first-order chi connectivity index (χ1) is 17.5. The molecule has 7 heteroatoms. The Bertz CT molecular complexity index is 1110. The van der Waals surface area contributed by atoms with Gasteiger partial charge in [-0.3, -0.25) is 9.59 Å². The Morgan fingerprint density at radius 1 is 0.972 bits per heavy atom. The summed E-state index contributed by atoms with van der Waals surface area (Å²) in [5, 5.41) is 3.62. The molecule has 36 heavy (non-hydrogen) atoms. The second-order valence-corrected chi connectivity index (χ2v) is 10.0.